The smallest absolute Gasteiger partial charge is 0.272 e. The summed E-state index contributed by atoms with van der Waals surface area (Å²) in [6.45, 7) is 3.74. The number of hydrogen-bond donors (Lipinski definition) is 4. The van der Waals surface area contributed by atoms with Gasteiger partial charge in [0.15, 0.2) is 17.3 Å². The molecule has 4 N–H and O–H groups in total. The first-order valence-corrected chi connectivity index (χ1v) is 17.3. The minimum absolute atomic E-state index is 0.0230. The number of nitrogens with one attached hydrogen (secondary N) is 4. The Labute approximate surface area is 288 Å². The maximum absolute atomic E-state index is 13.2. The fourth-order valence-corrected chi connectivity index (χ4v) is 6.47. The molecule has 252 valence electrons. The average molecular weight is 671 g/mol. The molecule has 5 rings (SSSR count). The zero-order valence-corrected chi connectivity index (χ0v) is 29.5. The van der Waals surface area contributed by atoms with Crippen LogP contribution < -0.4 is 26.0 Å². The lowest BCUT2D eigenvalue weighted by atomic mass is 9.49. The molecule has 1 saturated heterocycles. The molecule has 1 aromatic carbocycles. The first-order chi connectivity index (χ1) is 22.9. The zero-order chi connectivity index (χ0) is 34.4. The van der Waals surface area contributed by atoms with Gasteiger partial charge in [0.1, 0.15) is 33.4 Å². The number of carbonyl (C=O) groups is 3. The van der Waals surface area contributed by atoms with Gasteiger partial charge in [-0.05, 0) is 83.2 Å². The van der Waals surface area contributed by atoms with Gasteiger partial charge in [-0.25, -0.2) is 4.98 Å². The molecule has 2 aromatic heterocycles. The normalized spacial score (nSPS) is 15.6. The van der Waals surface area contributed by atoms with Crippen molar-refractivity contribution < 1.29 is 19.1 Å². The van der Waals surface area contributed by atoms with Crippen LogP contribution in [-0.2, 0) is 4.79 Å². The second-order valence-electron chi connectivity index (χ2n) is 13.6. The van der Waals surface area contributed by atoms with Gasteiger partial charge in [-0.15, -0.1) is 21.5 Å². The van der Waals surface area contributed by atoms with Crippen LogP contribution in [0.4, 0.5) is 17.2 Å². The van der Waals surface area contributed by atoms with Crippen LogP contribution in [0, 0.1) is 5.92 Å². The van der Waals surface area contributed by atoms with Gasteiger partial charge in [0, 0.05) is 24.6 Å². The fourth-order valence-electron chi connectivity index (χ4n) is 5.61. The van der Waals surface area contributed by atoms with Crippen molar-refractivity contribution in [3.63, 3.8) is 0 Å². The van der Waals surface area contributed by atoms with Gasteiger partial charge < -0.3 is 35.8 Å². The van der Waals surface area contributed by atoms with Crippen molar-refractivity contribution in [1.82, 2.24) is 35.6 Å². The molecular formula is C31H44B3N9O4S. The molecule has 0 unspecified atom stereocenters. The Bertz CT molecular complexity index is 1620. The Kier molecular flexibility index (Phi) is 11.4. The quantitative estimate of drug-likeness (QED) is 0.137. The number of rotatable bonds is 14. The fraction of sp³-hybridized carbons (Fsp3) is 0.484. The summed E-state index contributed by atoms with van der Waals surface area (Å²) in [5, 5.41) is 20.4. The molecule has 0 spiro atoms. The Balaban J connectivity index is 1.27. The molecule has 1 saturated carbocycles. The lowest BCUT2D eigenvalue weighted by Crippen LogP contribution is -2.50. The van der Waals surface area contributed by atoms with Gasteiger partial charge in [-0.3, -0.25) is 14.4 Å². The van der Waals surface area contributed by atoms with Crippen molar-refractivity contribution in [1.29, 1.82) is 0 Å². The largest absolute Gasteiger partial charge is 0.494 e. The highest BCUT2D eigenvalue weighted by molar-refractivity contribution is 7.17. The van der Waals surface area contributed by atoms with Gasteiger partial charge in [0.25, 0.3) is 11.8 Å². The van der Waals surface area contributed by atoms with E-state index < -0.39 is 11.1 Å². The van der Waals surface area contributed by atoms with Gasteiger partial charge in [-0.2, -0.15) is 0 Å². The molecule has 0 atom stereocenters. The van der Waals surface area contributed by atoms with E-state index in [0.29, 0.717) is 45.2 Å². The van der Waals surface area contributed by atoms with Crippen molar-refractivity contribution in [2.45, 2.75) is 43.4 Å². The van der Waals surface area contributed by atoms with Crippen LogP contribution in [0.3, 0.4) is 0 Å². The Hall–Kier alpha value is -3.95. The Morgan fingerprint density at radius 3 is 2.48 bits per heavy atom. The summed E-state index contributed by atoms with van der Waals surface area (Å²) in [5.41, 5.74) is 1.63. The molecular weight excluding hydrogens is 627 g/mol. The van der Waals surface area contributed by atoms with E-state index in [1.54, 1.807) is 25.4 Å². The van der Waals surface area contributed by atoms with E-state index in [2.05, 4.69) is 60.3 Å². The number of amides is 3. The number of methoxy groups -OCH3 is 1. The monoisotopic (exact) mass is 671 g/mol. The summed E-state index contributed by atoms with van der Waals surface area (Å²) < 4.78 is 5.83. The van der Waals surface area contributed by atoms with Crippen molar-refractivity contribution in [2.24, 2.45) is 5.92 Å². The predicted octanol–water partition coefficient (Wildman–Crippen LogP) is 0.0871. The number of hydrogen-bond acceptors (Lipinski definition) is 11. The standard InChI is InChI=1S/C31H44B3N9O4S/c1-42(2)19-10-14-43(15-11-19)13-5-12-35-28(45)23-17-36-30(48-23)20-6-4-7-21(26(20)47-3)37-22-16-24(38-27(44)18-8-9-18)40-41-25(22)29(46)39-31(32,33)34/h4,6-7,16-19H,5,8-15,32-34H2,1-3H3,(H,35,45)(H,39,46)(H2,37,38,40,44). The number of piperidine rings is 1. The summed E-state index contributed by atoms with van der Waals surface area (Å²) in [6.07, 6.45) is 6.51. The number of para-hydroxylation sites is 1. The number of thiazole rings is 1. The minimum Gasteiger partial charge on any atom is -0.494 e. The van der Waals surface area contributed by atoms with Crippen molar-refractivity contribution in [2.75, 3.05) is 58.0 Å². The predicted molar refractivity (Wildman–Crippen MR) is 197 cm³/mol. The number of anilines is 3. The highest BCUT2D eigenvalue weighted by Crippen LogP contribution is 2.40. The van der Waals surface area contributed by atoms with E-state index in [1.165, 1.54) is 24.2 Å². The summed E-state index contributed by atoms with van der Waals surface area (Å²) in [5.74, 6) is -0.00913. The number of ether oxygens (including phenoxy) is 1. The molecule has 3 aromatic rings. The van der Waals surface area contributed by atoms with E-state index in [9.17, 15) is 14.4 Å². The maximum Gasteiger partial charge on any atom is 0.272 e. The highest BCUT2D eigenvalue weighted by atomic mass is 32.1. The van der Waals surface area contributed by atoms with Crippen LogP contribution in [0.15, 0.2) is 30.5 Å². The Morgan fingerprint density at radius 1 is 1.06 bits per heavy atom. The molecule has 1 aliphatic carbocycles. The lowest BCUT2D eigenvalue weighted by molar-refractivity contribution is -0.117. The van der Waals surface area contributed by atoms with Crippen LogP contribution in [0.1, 0.15) is 52.3 Å². The molecule has 48 heavy (non-hydrogen) atoms. The molecule has 17 heteroatoms. The number of carbonyl (C=O) groups excluding carboxylic acids is 3. The number of aromatic nitrogens is 3. The molecule has 3 amide bonds. The molecule has 3 heterocycles. The molecule has 0 bridgehead atoms. The molecule has 1 aliphatic heterocycles. The van der Waals surface area contributed by atoms with Gasteiger partial charge >= 0.3 is 0 Å². The van der Waals surface area contributed by atoms with Crippen molar-refractivity contribution >= 4 is 69.8 Å². The topological polar surface area (TPSA) is 154 Å². The molecule has 2 fully saturated rings. The molecule has 0 radical (unpaired) electrons. The summed E-state index contributed by atoms with van der Waals surface area (Å²) >= 11 is 1.28. The van der Waals surface area contributed by atoms with E-state index in [0.717, 1.165) is 38.9 Å². The van der Waals surface area contributed by atoms with Crippen molar-refractivity contribution in [3.05, 3.63) is 41.0 Å². The minimum atomic E-state index is -0.509. The van der Waals surface area contributed by atoms with Crippen LogP contribution in [0.25, 0.3) is 10.6 Å². The van der Waals surface area contributed by atoms with E-state index >= 15 is 0 Å². The first-order valence-electron chi connectivity index (χ1n) is 16.5. The van der Waals surface area contributed by atoms with Crippen LogP contribution >= 0.6 is 11.3 Å². The SMILES string of the molecule is BC(B)(B)NC(=O)c1nnc(NC(=O)C2CC2)cc1Nc1cccc(-c2ncc(C(=O)NCCCN3CCC(N(C)C)CC3)s2)c1OC. The summed E-state index contributed by atoms with van der Waals surface area (Å²) in [4.78, 5) is 48.5. The molecule has 13 nitrogen and oxygen atoms in total. The third-order valence-electron chi connectivity index (χ3n) is 8.37. The zero-order valence-electron chi connectivity index (χ0n) is 28.7. The Morgan fingerprint density at radius 2 is 1.81 bits per heavy atom. The van der Waals surface area contributed by atoms with E-state index in [1.807, 2.05) is 35.7 Å². The maximum atomic E-state index is 13.2. The molecule has 2 aliphatic rings. The highest BCUT2D eigenvalue weighted by Gasteiger charge is 2.30. The second kappa shape index (κ2) is 15.5. The van der Waals surface area contributed by atoms with E-state index in [4.69, 9.17) is 4.74 Å². The number of nitrogens with zero attached hydrogens (tertiary/aromatic N) is 5. The van der Waals surface area contributed by atoms with Crippen LogP contribution in [-0.4, -0.2) is 125 Å². The van der Waals surface area contributed by atoms with Gasteiger partial charge in [0.05, 0.1) is 30.2 Å². The van der Waals surface area contributed by atoms with Gasteiger partial charge in [-0.1, -0.05) is 6.07 Å². The number of likely N-dealkylation sites (tertiary alicyclic amines) is 1. The van der Waals surface area contributed by atoms with Crippen LogP contribution in [0.5, 0.6) is 5.75 Å². The van der Waals surface area contributed by atoms with Crippen molar-refractivity contribution in [3.8, 4) is 16.3 Å². The summed E-state index contributed by atoms with van der Waals surface area (Å²) in [7, 11) is 11.5. The first kappa shape index (κ1) is 35.4. The third kappa shape index (κ3) is 9.35. The van der Waals surface area contributed by atoms with Crippen LogP contribution in [0.2, 0.25) is 0 Å². The number of benzene rings is 1. The lowest BCUT2D eigenvalue weighted by Gasteiger charge is -2.35. The third-order valence-corrected chi connectivity index (χ3v) is 9.40. The average Bonchev–Trinajstić information content (AvgIpc) is 3.79. The van der Waals surface area contributed by atoms with Gasteiger partial charge in [0.2, 0.25) is 5.91 Å². The second-order valence-corrected chi connectivity index (χ2v) is 14.7. The van der Waals surface area contributed by atoms with E-state index in [-0.39, 0.29) is 29.2 Å². The summed E-state index contributed by atoms with van der Waals surface area (Å²) in [6, 6.07) is 7.75.